The number of aliphatic hydroxyl groups is 2. The molecule has 2 aliphatic carbocycles. The number of Topliss-reactive ketones (excluding diaryl/α,β-unsaturated/α-hetero) is 1. The Kier molecular flexibility index (Phi) is 2.62. The van der Waals surface area contributed by atoms with Crippen molar-refractivity contribution in [3.05, 3.63) is 0 Å². The van der Waals surface area contributed by atoms with Crippen molar-refractivity contribution in [2.75, 3.05) is 6.61 Å². The molecule has 0 saturated heterocycles. The Hall–Kier alpha value is -0.410. The minimum Gasteiger partial charge on any atom is -0.388 e. The molecule has 0 aromatic carbocycles. The van der Waals surface area contributed by atoms with E-state index in [2.05, 4.69) is 0 Å². The van der Waals surface area contributed by atoms with Crippen LogP contribution in [0, 0.1) is 11.8 Å². The largest absolute Gasteiger partial charge is 0.388 e. The molecule has 0 aliphatic heterocycles. The lowest BCUT2D eigenvalue weighted by atomic mass is 9.74. The van der Waals surface area contributed by atoms with Crippen LogP contribution in [-0.2, 0) is 4.79 Å². The van der Waals surface area contributed by atoms with E-state index in [1.807, 2.05) is 0 Å². The Morgan fingerprint density at radius 3 is 2.71 bits per heavy atom. The third-order valence-electron chi connectivity index (χ3n) is 4.05. The van der Waals surface area contributed by atoms with Crippen molar-refractivity contribution in [2.45, 2.75) is 44.1 Å². The summed E-state index contributed by atoms with van der Waals surface area (Å²) in [4.78, 5) is 11.5. The summed E-state index contributed by atoms with van der Waals surface area (Å²) in [5, 5.41) is 19.1. The highest BCUT2D eigenvalue weighted by Gasteiger charge is 2.51. The van der Waals surface area contributed by atoms with Gasteiger partial charge in [-0.1, -0.05) is 19.3 Å². The van der Waals surface area contributed by atoms with Crippen molar-refractivity contribution < 1.29 is 15.0 Å². The van der Waals surface area contributed by atoms with Crippen LogP contribution >= 0.6 is 0 Å². The summed E-state index contributed by atoms with van der Waals surface area (Å²) in [5.41, 5.74) is -1.19. The maximum Gasteiger partial charge on any atom is 0.189 e. The molecule has 0 bridgehead atoms. The molecule has 2 rings (SSSR count). The van der Waals surface area contributed by atoms with Gasteiger partial charge in [0.25, 0.3) is 0 Å². The van der Waals surface area contributed by atoms with Gasteiger partial charge in [-0.2, -0.15) is 0 Å². The molecular weight excluding hydrogens is 180 g/mol. The maximum absolute atomic E-state index is 11.5. The van der Waals surface area contributed by atoms with Gasteiger partial charge in [0.15, 0.2) is 5.78 Å². The monoisotopic (exact) mass is 198 g/mol. The smallest absolute Gasteiger partial charge is 0.189 e. The Morgan fingerprint density at radius 1 is 1.29 bits per heavy atom. The molecule has 80 valence electrons. The molecular formula is C11H18O3. The number of ketones is 1. The van der Waals surface area contributed by atoms with Gasteiger partial charge in [0.2, 0.25) is 0 Å². The Bertz CT molecular complexity index is 239. The first-order valence-electron chi connectivity index (χ1n) is 5.55. The van der Waals surface area contributed by atoms with Crippen LogP contribution in [0.3, 0.4) is 0 Å². The second kappa shape index (κ2) is 3.63. The molecule has 0 heterocycles. The predicted octanol–water partition coefficient (Wildman–Crippen LogP) is 0.879. The van der Waals surface area contributed by atoms with E-state index in [1.165, 1.54) is 6.42 Å². The minimum atomic E-state index is -1.19. The van der Waals surface area contributed by atoms with Crippen molar-refractivity contribution in [2.24, 2.45) is 11.8 Å². The fourth-order valence-electron chi connectivity index (χ4n) is 3.26. The van der Waals surface area contributed by atoms with E-state index >= 15 is 0 Å². The zero-order chi connectivity index (χ0) is 10.2. The van der Waals surface area contributed by atoms with Crippen LogP contribution in [0.25, 0.3) is 0 Å². The van der Waals surface area contributed by atoms with Crippen molar-refractivity contribution in [1.82, 2.24) is 0 Å². The molecule has 3 heteroatoms. The van der Waals surface area contributed by atoms with E-state index in [0.717, 1.165) is 25.7 Å². The summed E-state index contributed by atoms with van der Waals surface area (Å²) in [6.07, 6.45) is 5.94. The van der Waals surface area contributed by atoms with E-state index in [0.29, 0.717) is 12.3 Å². The van der Waals surface area contributed by atoms with Gasteiger partial charge in [-0.25, -0.2) is 0 Å². The lowest BCUT2D eigenvalue weighted by Gasteiger charge is -2.34. The predicted molar refractivity (Wildman–Crippen MR) is 51.7 cm³/mol. The highest BCUT2D eigenvalue weighted by Crippen LogP contribution is 2.48. The first-order valence-corrected chi connectivity index (χ1v) is 5.55. The number of hydrogen-bond acceptors (Lipinski definition) is 3. The van der Waals surface area contributed by atoms with Crippen LogP contribution in [0.5, 0.6) is 0 Å². The van der Waals surface area contributed by atoms with Crippen LogP contribution in [-0.4, -0.2) is 28.2 Å². The lowest BCUT2D eigenvalue weighted by molar-refractivity contribution is -0.146. The first kappa shape index (κ1) is 10.1. The molecule has 14 heavy (non-hydrogen) atoms. The van der Waals surface area contributed by atoms with Crippen molar-refractivity contribution in [3.63, 3.8) is 0 Å². The molecule has 0 amide bonds. The second-order valence-corrected chi connectivity index (χ2v) is 4.70. The van der Waals surface area contributed by atoms with Crippen molar-refractivity contribution in [3.8, 4) is 0 Å². The third kappa shape index (κ3) is 1.39. The lowest BCUT2D eigenvalue weighted by Crippen LogP contribution is -2.45. The maximum atomic E-state index is 11.5. The number of carbonyl (C=O) groups excluding carboxylic acids is 1. The highest BCUT2D eigenvalue weighted by molar-refractivity contribution is 5.88. The molecule has 0 spiro atoms. The van der Waals surface area contributed by atoms with Gasteiger partial charge < -0.3 is 10.2 Å². The molecule has 2 saturated carbocycles. The standard InChI is InChI=1S/C11H18O3/c12-7-10(13)11(14)6-5-8-3-1-2-4-9(8)11/h8-9,12,14H,1-7H2. The van der Waals surface area contributed by atoms with Crippen LogP contribution < -0.4 is 0 Å². The summed E-state index contributed by atoms with van der Waals surface area (Å²) >= 11 is 0. The third-order valence-corrected chi connectivity index (χ3v) is 4.05. The summed E-state index contributed by atoms with van der Waals surface area (Å²) in [6, 6.07) is 0. The molecule has 2 aliphatic rings. The summed E-state index contributed by atoms with van der Waals surface area (Å²) < 4.78 is 0. The summed E-state index contributed by atoms with van der Waals surface area (Å²) in [6.45, 7) is -0.514. The number of carbonyl (C=O) groups is 1. The molecule has 2 N–H and O–H groups in total. The van der Waals surface area contributed by atoms with Crippen molar-refractivity contribution >= 4 is 5.78 Å². The average Bonchev–Trinajstić information content (AvgIpc) is 2.58. The summed E-state index contributed by atoms with van der Waals surface area (Å²) in [5.74, 6) is 0.270. The molecule has 0 aromatic heterocycles. The van der Waals surface area contributed by atoms with Crippen LogP contribution in [0.4, 0.5) is 0 Å². The van der Waals surface area contributed by atoms with Gasteiger partial charge in [-0.15, -0.1) is 0 Å². The molecule has 0 aromatic rings. The molecule has 3 unspecified atom stereocenters. The van der Waals surface area contributed by atoms with E-state index < -0.39 is 12.2 Å². The molecule has 0 radical (unpaired) electrons. The normalized spacial score (nSPS) is 42.1. The van der Waals surface area contributed by atoms with E-state index in [4.69, 9.17) is 5.11 Å². The average molecular weight is 198 g/mol. The van der Waals surface area contributed by atoms with Gasteiger partial charge in [0.1, 0.15) is 12.2 Å². The zero-order valence-corrected chi connectivity index (χ0v) is 8.41. The highest BCUT2D eigenvalue weighted by atomic mass is 16.3. The van der Waals surface area contributed by atoms with Crippen LogP contribution in [0.2, 0.25) is 0 Å². The molecule has 2 fully saturated rings. The van der Waals surface area contributed by atoms with E-state index in [1.54, 1.807) is 0 Å². The quantitative estimate of drug-likeness (QED) is 0.692. The topological polar surface area (TPSA) is 57.5 Å². The van der Waals surface area contributed by atoms with Gasteiger partial charge in [-0.3, -0.25) is 4.79 Å². The Morgan fingerprint density at radius 2 is 2.00 bits per heavy atom. The molecule has 3 atom stereocenters. The Balaban J connectivity index is 2.16. The van der Waals surface area contributed by atoms with Gasteiger partial charge in [0.05, 0.1) is 0 Å². The number of rotatable bonds is 2. The fraction of sp³-hybridized carbons (Fsp3) is 0.909. The minimum absolute atomic E-state index is 0.121. The van der Waals surface area contributed by atoms with Crippen LogP contribution in [0.1, 0.15) is 38.5 Å². The second-order valence-electron chi connectivity index (χ2n) is 4.70. The van der Waals surface area contributed by atoms with Gasteiger partial charge >= 0.3 is 0 Å². The Labute approximate surface area is 84.1 Å². The van der Waals surface area contributed by atoms with E-state index in [-0.39, 0.29) is 11.7 Å². The van der Waals surface area contributed by atoms with Crippen LogP contribution in [0.15, 0.2) is 0 Å². The fourth-order valence-corrected chi connectivity index (χ4v) is 3.26. The summed E-state index contributed by atoms with van der Waals surface area (Å²) in [7, 11) is 0. The van der Waals surface area contributed by atoms with Crippen molar-refractivity contribution in [1.29, 1.82) is 0 Å². The van der Waals surface area contributed by atoms with E-state index in [9.17, 15) is 9.90 Å². The van der Waals surface area contributed by atoms with Gasteiger partial charge in [0, 0.05) is 0 Å². The number of hydrogen-bond donors (Lipinski definition) is 2. The number of fused-ring (bicyclic) bond motifs is 1. The first-order chi connectivity index (χ1) is 6.68. The van der Waals surface area contributed by atoms with Gasteiger partial charge in [-0.05, 0) is 31.1 Å². The number of aliphatic hydroxyl groups excluding tert-OH is 1. The zero-order valence-electron chi connectivity index (χ0n) is 8.41. The molecule has 3 nitrogen and oxygen atoms in total. The SMILES string of the molecule is O=C(CO)C1(O)CCC2CCCCC21.